The molecule has 2 aromatic rings. The topological polar surface area (TPSA) is 105 Å². The lowest BCUT2D eigenvalue weighted by atomic mass is 10.1. The molecule has 0 heterocycles. The van der Waals surface area contributed by atoms with Crippen LogP contribution in [0.2, 0.25) is 5.02 Å². The van der Waals surface area contributed by atoms with Crippen LogP contribution < -0.4 is 9.47 Å². The molecule has 0 amide bonds. The second kappa shape index (κ2) is 7.04. The number of alkyl halides is 3. The van der Waals surface area contributed by atoms with Crippen molar-refractivity contribution >= 4 is 23.0 Å². The van der Waals surface area contributed by atoms with E-state index in [0.29, 0.717) is 6.07 Å². The van der Waals surface area contributed by atoms with Gasteiger partial charge < -0.3 is 9.47 Å². The zero-order valence-electron chi connectivity index (χ0n) is 12.7. The van der Waals surface area contributed by atoms with Crippen LogP contribution in [0.15, 0.2) is 30.3 Å². The fraction of sp³-hybridized carbons (Fsp3) is 0.143. The molecule has 0 N–H and O–H groups in total. The van der Waals surface area contributed by atoms with Crippen LogP contribution in [0.1, 0.15) is 5.56 Å². The summed E-state index contributed by atoms with van der Waals surface area (Å²) in [6.07, 6.45) is -4.92. The average Bonchev–Trinajstić information content (AvgIpc) is 2.53. The van der Waals surface area contributed by atoms with E-state index in [-0.39, 0.29) is 11.8 Å². The Morgan fingerprint density at radius 2 is 1.58 bits per heavy atom. The summed E-state index contributed by atoms with van der Waals surface area (Å²) in [5.74, 6) is -1.00. The number of hydrogen-bond acceptors (Lipinski definition) is 6. The molecule has 12 heteroatoms. The zero-order valence-corrected chi connectivity index (χ0v) is 13.5. The van der Waals surface area contributed by atoms with Crippen LogP contribution in [0.5, 0.6) is 17.2 Å². The first-order chi connectivity index (χ1) is 12.0. The molecule has 0 saturated heterocycles. The largest absolute Gasteiger partial charge is 0.496 e. The monoisotopic (exact) mass is 392 g/mol. The molecule has 2 rings (SSSR count). The number of rotatable bonds is 5. The van der Waals surface area contributed by atoms with E-state index in [1.165, 1.54) is 13.2 Å². The van der Waals surface area contributed by atoms with Crippen LogP contribution in [0.3, 0.4) is 0 Å². The van der Waals surface area contributed by atoms with Gasteiger partial charge in [0.15, 0.2) is 0 Å². The Balaban J connectivity index is 2.58. The second-order valence-corrected chi connectivity index (χ2v) is 5.15. The molecule has 0 aromatic heterocycles. The molecule has 8 nitrogen and oxygen atoms in total. The molecule has 0 atom stereocenters. The van der Waals surface area contributed by atoms with Gasteiger partial charge in [0.05, 0.1) is 33.6 Å². The van der Waals surface area contributed by atoms with E-state index >= 15 is 0 Å². The van der Waals surface area contributed by atoms with Gasteiger partial charge in [0.1, 0.15) is 5.75 Å². The Morgan fingerprint density at radius 3 is 2.08 bits per heavy atom. The van der Waals surface area contributed by atoms with Crippen molar-refractivity contribution < 1.29 is 32.5 Å². The number of ether oxygens (including phenoxy) is 2. The van der Waals surface area contributed by atoms with E-state index in [1.807, 2.05) is 0 Å². The van der Waals surface area contributed by atoms with Crippen molar-refractivity contribution in [3.8, 4) is 17.2 Å². The quantitative estimate of drug-likeness (QED) is 0.525. The highest BCUT2D eigenvalue weighted by Gasteiger charge is 2.37. The lowest BCUT2D eigenvalue weighted by molar-refractivity contribution is -0.387. The number of nitrogens with zero attached hydrogens (tertiary/aromatic N) is 2. The predicted molar refractivity (Wildman–Crippen MR) is 82.8 cm³/mol. The van der Waals surface area contributed by atoms with E-state index < -0.39 is 49.5 Å². The van der Waals surface area contributed by atoms with Gasteiger partial charge in [-0.15, -0.1) is 0 Å². The van der Waals surface area contributed by atoms with Crippen molar-refractivity contribution in [3.05, 3.63) is 61.1 Å². The minimum atomic E-state index is -4.92. The summed E-state index contributed by atoms with van der Waals surface area (Å²) in [5, 5.41) is 21.3. The van der Waals surface area contributed by atoms with E-state index in [2.05, 4.69) is 0 Å². The fourth-order valence-electron chi connectivity index (χ4n) is 1.96. The third-order valence-electron chi connectivity index (χ3n) is 3.13. The molecule has 0 unspecified atom stereocenters. The van der Waals surface area contributed by atoms with Crippen molar-refractivity contribution in [2.24, 2.45) is 0 Å². The number of methoxy groups -OCH3 is 1. The molecule has 0 bridgehead atoms. The van der Waals surface area contributed by atoms with Gasteiger partial charge in [0, 0.05) is 12.1 Å². The number of halogens is 4. The van der Waals surface area contributed by atoms with E-state index in [9.17, 15) is 33.4 Å². The first kappa shape index (κ1) is 19.2. The Morgan fingerprint density at radius 1 is 1.00 bits per heavy atom. The van der Waals surface area contributed by atoms with E-state index in [1.54, 1.807) is 0 Å². The average molecular weight is 393 g/mol. The molecule has 0 saturated carbocycles. The van der Waals surface area contributed by atoms with Gasteiger partial charge in [0.2, 0.25) is 11.5 Å². The minimum Gasteiger partial charge on any atom is -0.496 e. The molecular formula is C14H8ClF3N2O6. The highest BCUT2D eigenvalue weighted by molar-refractivity contribution is 6.31. The Labute approximate surface area is 148 Å². The number of benzene rings is 2. The summed E-state index contributed by atoms with van der Waals surface area (Å²) in [6.45, 7) is 0. The number of nitro benzene ring substituents is 2. The normalized spacial score (nSPS) is 11.1. The predicted octanol–water partition coefficient (Wildman–Crippen LogP) is 4.98. The SMILES string of the molecule is COc1ccc(Oc2cc(Cl)c(C(F)(F)F)cc2[N+](=O)[O-])c([N+](=O)[O-])c1. The maximum absolute atomic E-state index is 12.9. The van der Waals surface area contributed by atoms with Crippen LogP contribution >= 0.6 is 11.6 Å². The van der Waals surface area contributed by atoms with Crippen LogP contribution in [0.4, 0.5) is 24.5 Å². The lowest BCUT2D eigenvalue weighted by Crippen LogP contribution is -2.07. The first-order valence-corrected chi connectivity index (χ1v) is 6.97. The second-order valence-electron chi connectivity index (χ2n) is 4.75. The molecule has 0 aliphatic heterocycles. The van der Waals surface area contributed by atoms with Gasteiger partial charge in [-0.25, -0.2) is 0 Å². The summed E-state index contributed by atoms with van der Waals surface area (Å²) in [5.41, 5.74) is -3.08. The molecule has 26 heavy (non-hydrogen) atoms. The smallest absolute Gasteiger partial charge is 0.418 e. The van der Waals surface area contributed by atoms with Crippen LogP contribution in [-0.4, -0.2) is 17.0 Å². The standard InChI is InChI=1S/C14H8ClF3N2O6/c1-25-7-2-3-12(10(4-7)19(21)22)26-13-6-9(15)8(14(16,17)18)5-11(13)20(23)24/h2-6H,1H3. The van der Waals surface area contributed by atoms with Crippen molar-refractivity contribution in [3.63, 3.8) is 0 Å². The van der Waals surface area contributed by atoms with Gasteiger partial charge in [-0.2, -0.15) is 13.2 Å². The molecule has 0 spiro atoms. The van der Waals surface area contributed by atoms with Gasteiger partial charge in [-0.05, 0) is 12.1 Å². The highest BCUT2D eigenvalue weighted by atomic mass is 35.5. The molecule has 0 radical (unpaired) electrons. The summed E-state index contributed by atoms with van der Waals surface area (Å²) in [6, 6.07) is 4.14. The van der Waals surface area contributed by atoms with Gasteiger partial charge in [-0.3, -0.25) is 20.2 Å². The fourth-order valence-corrected chi connectivity index (χ4v) is 2.22. The summed E-state index contributed by atoms with van der Waals surface area (Å²) < 4.78 is 48.5. The van der Waals surface area contributed by atoms with E-state index in [0.717, 1.165) is 12.1 Å². The molecule has 0 fully saturated rings. The molecular weight excluding hydrogens is 385 g/mol. The maximum atomic E-state index is 12.9. The van der Waals surface area contributed by atoms with Crippen molar-refractivity contribution in [2.75, 3.05) is 7.11 Å². The first-order valence-electron chi connectivity index (χ1n) is 6.60. The van der Waals surface area contributed by atoms with Gasteiger partial charge in [-0.1, -0.05) is 11.6 Å². The number of hydrogen-bond donors (Lipinski definition) is 0. The van der Waals surface area contributed by atoms with E-state index in [4.69, 9.17) is 21.1 Å². The van der Waals surface area contributed by atoms with Crippen LogP contribution in [0.25, 0.3) is 0 Å². The van der Waals surface area contributed by atoms with Crippen LogP contribution in [-0.2, 0) is 6.18 Å². The number of nitro groups is 2. The Kier molecular flexibility index (Phi) is 5.21. The Hall–Kier alpha value is -3.08. The zero-order chi connectivity index (χ0) is 19.6. The molecule has 0 aliphatic carbocycles. The highest BCUT2D eigenvalue weighted by Crippen LogP contribution is 2.44. The lowest BCUT2D eigenvalue weighted by Gasteiger charge is -2.12. The van der Waals surface area contributed by atoms with Gasteiger partial charge in [0.25, 0.3) is 0 Å². The van der Waals surface area contributed by atoms with Gasteiger partial charge >= 0.3 is 17.6 Å². The van der Waals surface area contributed by atoms with Crippen molar-refractivity contribution in [2.45, 2.75) is 6.18 Å². The van der Waals surface area contributed by atoms with Crippen molar-refractivity contribution in [1.82, 2.24) is 0 Å². The summed E-state index contributed by atoms with van der Waals surface area (Å²) in [4.78, 5) is 20.2. The Bertz CT molecular complexity index is 888. The summed E-state index contributed by atoms with van der Waals surface area (Å²) >= 11 is 5.53. The van der Waals surface area contributed by atoms with Crippen molar-refractivity contribution in [1.29, 1.82) is 0 Å². The maximum Gasteiger partial charge on any atom is 0.418 e. The minimum absolute atomic E-state index is 0.115. The molecule has 0 aliphatic rings. The third-order valence-corrected chi connectivity index (χ3v) is 3.45. The van der Waals surface area contributed by atoms with Crippen LogP contribution in [0, 0.1) is 20.2 Å². The summed E-state index contributed by atoms with van der Waals surface area (Å²) in [7, 11) is 1.26. The molecule has 138 valence electrons. The molecule has 2 aromatic carbocycles. The third kappa shape index (κ3) is 3.94.